The third-order valence-corrected chi connectivity index (χ3v) is 0.852. The van der Waals surface area contributed by atoms with Crippen LogP contribution in [0.1, 0.15) is 13.8 Å². The zero-order valence-electron chi connectivity index (χ0n) is 12.2. The molecule has 0 bridgehead atoms. The zero-order chi connectivity index (χ0) is 16.1. The summed E-state index contributed by atoms with van der Waals surface area (Å²) >= 11 is 0. The highest BCUT2D eigenvalue weighted by Gasteiger charge is 1.94. The molecular weight excluding hydrogens is 250 g/mol. The number of amides is 1. The van der Waals surface area contributed by atoms with E-state index in [-0.39, 0.29) is 6.10 Å². The van der Waals surface area contributed by atoms with Gasteiger partial charge in [0.15, 0.2) is 0 Å². The van der Waals surface area contributed by atoms with Crippen LogP contribution in [0.4, 0.5) is 4.79 Å². The summed E-state index contributed by atoms with van der Waals surface area (Å²) in [5, 5.41) is 0. The summed E-state index contributed by atoms with van der Waals surface area (Å²) in [5.74, 6) is 0. The second kappa shape index (κ2) is 30.2. The molecule has 0 aromatic heterocycles. The number of rotatable bonds is 4. The van der Waals surface area contributed by atoms with Crippen LogP contribution < -0.4 is 40.1 Å². The van der Waals surface area contributed by atoms with Crippen LogP contribution in [-0.2, 0) is 4.74 Å². The van der Waals surface area contributed by atoms with Gasteiger partial charge < -0.3 is 44.9 Å². The van der Waals surface area contributed by atoms with Crippen molar-refractivity contribution in [1.29, 1.82) is 0 Å². The van der Waals surface area contributed by atoms with Gasteiger partial charge in [0.1, 0.15) is 0 Å². The summed E-state index contributed by atoms with van der Waals surface area (Å²) in [5.41, 5.74) is 34.0. The van der Waals surface area contributed by atoms with Crippen LogP contribution in [0.3, 0.4) is 0 Å². The molecule has 0 radical (unpaired) electrons. The maximum atomic E-state index is 9.81. The predicted molar refractivity (Wildman–Crippen MR) is 80.1 cm³/mol. The monoisotopic (exact) mass is 283 g/mol. The number of hydrogen-bond donors (Lipinski definition) is 7. The van der Waals surface area contributed by atoms with Crippen molar-refractivity contribution in [3.8, 4) is 0 Å². The number of carbonyl (C=O) groups is 1. The Labute approximate surface area is 116 Å². The molecule has 0 aromatic rings. The lowest BCUT2D eigenvalue weighted by molar-refractivity contribution is 0.125. The Morgan fingerprint density at radius 2 is 1.00 bits per heavy atom. The van der Waals surface area contributed by atoms with E-state index in [0.717, 1.165) is 0 Å². The van der Waals surface area contributed by atoms with Crippen LogP contribution in [0.2, 0.25) is 0 Å². The Balaban J connectivity index is -0.0000000825. The molecule has 1 amide bonds. The Hall–Kier alpha value is -0.970. The molecule has 0 aromatic carbocycles. The molecule has 120 valence electrons. The number of carbonyl (C=O) groups excluding carboxylic acids is 1. The summed E-state index contributed by atoms with van der Waals surface area (Å²) < 4.78 is 4.39. The first-order chi connectivity index (χ1) is 8.87. The van der Waals surface area contributed by atoms with Crippen molar-refractivity contribution in [3.63, 3.8) is 0 Å². The van der Waals surface area contributed by atoms with Gasteiger partial charge in [-0.15, -0.1) is 0 Å². The van der Waals surface area contributed by atoms with Gasteiger partial charge in [-0.25, -0.2) is 4.79 Å². The van der Waals surface area contributed by atoms with Gasteiger partial charge in [0.25, 0.3) is 0 Å². The van der Waals surface area contributed by atoms with Crippen LogP contribution in [0.5, 0.6) is 0 Å². The topological polar surface area (TPSA) is 208 Å². The van der Waals surface area contributed by atoms with E-state index in [0.29, 0.717) is 39.3 Å². The van der Waals surface area contributed by atoms with Crippen molar-refractivity contribution >= 4 is 6.09 Å². The summed E-state index contributed by atoms with van der Waals surface area (Å²) in [7, 11) is 0. The normalized spacial score (nSPS) is 8.05. The van der Waals surface area contributed by atoms with E-state index in [1.54, 1.807) is 13.8 Å². The van der Waals surface area contributed by atoms with Gasteiger partial charge in [0, 0.05) is 39.3 Å². The minimum atomic E-state index is -0.713. The number of primary amides is 1. The van der Waals surface area contributed by atoms with Gasteiger partial charge in [0.05, 0.1) is 6.10 Å². The van der Waals surface area contributed by atoms with E-state index in [4.69, 9.17) is 34.4 Å². The molecule has 14 N–H and O–H groups in total. The fourth-order valence-corrected chi connectivity index (χ4v) is 0.232. The first-order valence-electron chi connectivity index (χ1n) is 6.04. The summed E-state index contributed by atoms with van der Waals surface area (Å²) in [6, 6.07) is 0. The Morgan fingerprint density at radius 1 is 0.789 bits per heavy atom. The van der Waals surface area contributed by atoms with Crippen molar-refractivity contribution in [1.82, 2.24) is 0 Å². The molecule has 0 heterocycles. The molecule has 9 heteroatoms. The summed E-state index contributed by atoms with van der Waals surface area (Å²) in [6.45, 7) is 7.06. The highest BCUT2D eigenvalue weighted by Crippen LogP contribution is 1.83. The molecule has 0 saturated heterocycles. The molecule has 0 aliphatic rings. The first-order valence-corrected chi connectivity index (χ1v) is 6.04. The largest absolute Gasteiger partial charge is 0.447 e. The number of hydrogen-bond acceptors (Lipinski definition) is 8. The molecule has 0 rings (SSSR count). The molecule has 19 heavy (non-hydrogen) atoms. The van der Waals surface area contributed by atoms with E-state index < -0.39 is 6.09 Å². The van der Waals surface area contributed by atoms with Crippen LogP contribution >= 0.6 is 0 Å². The lowest BCUT2D eigenvalue weighted by Crippen LogP contribution is -2.17. The molecule has 0 aliphatic carbocycles. The van der Waals surface area contributed by atoms with Crippen molar-refractivity contribution in [2.75, 3.05) is 39.3 Å². The highest BCUT2D eigenvalue weighted by atomic mass is 16.6. The fraction of sp³-hybridized carbons (Fsp3) is 0.900. The van der Waals surface area contributed by atoms with Gasteiger partial charge >= 0.3 is 6.09 Å². The first kappa shape index (κ1) is 26.6. The smallest absolute Gasteiger partial charge is 0.404 e. The van der Waals surface area contributed by atoms with Crippen LogP contribution in [0, 0.1) is 0 Å². The molecule has 0 spiro atoms. The van der Waals surface area contributed by atoms with E-state index in [1.807, 2.05) is 0 Å². The second-order valence-electron chi connectivity index (χ2n) is 3.22. The van der Waals surface area contributed by atoms with Crippen molar-refractivity contribution < 1.29 is 9.53 Å². The summed E-state index contributed by atoms with van der Waals surface area (Å²) in [4.78, 5) is 9.81. The van der Waals surface area contributed by atoms with Crippen molar-refractivity contribution in [2.24, 2.45) is 40.1 Å². The lowest BCUT2D eigenvalue weighted by atomic mass is 10.5. The predicted octanol–water partition coefficient (Wildman–Crippen LogP) is -2.80. The molecule has 0 aliphatic heterocycles. The minimum absolute atomic E-state index is 0.0995. The SMILES string of the molecule is CC(C)OC(N)=O.NCCN.NCCN.NCCN. The quantitative estimate of drug-likeness (QED) is 0.286. The van der Waals surface area contributed by atoms with E-state index in [1.165, 1.54) is 0 Å². The zero-order valence-corrected chi connectivity index (χ0v) is 12.2. The number of ether oxygens (including phenoxy) is 1. The molecule has 0 saturated carbocycles. The third kappa shape index (κ3) is 106. The van der Waals surface area contributed by atoms with Gasteiger partial charge in [-0.2, -0.15) is 0 Å². The average Bonchev–Trinajstić information content (AvgIpc) is 2.38. The highest BCUT2D eigenvalue weighted by molar-refractivity contribution is 5.64. The third-order valence-electron chi connectivity index (χ3n) is 0.852. The molecule has 0 atom stereocenters. The minimum Gasteiger partial charge on any atom is -0.447 e. The number of nitrogens with two attached hydrogens (primary N) is 7. The van der Waals surface area contributed by atoms with Crippen molar-refractivity contribution in [2.45, 2.75) is 20.0 Å². The second-order valence-corrected chi connectivity index (χ2v) is 3.22. The van der Waals surface area contributed by atoms with E-state index >= 15 is 0 Å². The molecule has 0 fully saturated rings. The van der Waals surface area contributed by atoms with Gasteiger partial charge in [0.2, 0.25) is 0 Å². The average molecular weight is 283 g/mol. The molecular formula is C10H33N7O2. The summed E-state index contributed by atoms with van der Waals surface area (Å²) in [6.07, 6.45) is -0.813. The van der Waals surface area contributed by atoms with Gasteiger partial charge in [-0.1, -0.05) is 0 Å². The Bertz CT molecular complexity index is 132. The van der Waals surface area contributed by atoms with Crippen LogP contribution in [0.15, 0.2) is 0 Å². The fourth-order valence-electron chi connectivity index (χ4n) is 0.232. The van der Waals surface area contributed by atoms with E-state index in [2.05, 4.69) is 10.5 Å². The van der Waals surface area contributed by atoms with Crippen LogP contribution in [-0.4, -0.2) is 51.5 Å². The van der Waals surface area contributed by atoms with Crippen LogP contribution in [0.25, 0.3) is 0 Å². The Kier molecular flexibility index (Phi) is 42.3. The molecule has 0 unspecified atom stereocenters. The van der Waals surface area contributed by atoms with Gasteiger partial charge in [-0.05, 0) is 13.8 Å². The van der Waals surface area contributed by atoms with Crippen molar-refractivity contribution in [3.05, 3.63) is 0 Å². The van der Waals surface area contributed by atoms with Gasteiger partial charge in [-0.3, -0.25) is 0 Å². The molecule has 9 nitrogen and oxygen atoms in total. The maximum absolute atomic E-state index is 9.81. The standard InChI is InChI=1S/C4H9NO2.3C2H8N2/c1-3(2)7-4(5)6;3*3-1-2-4/h3H,1-2H3,(H2,5,6);3*1-4H2. The Morgan fingerprint density at radius 3 is 1.00 bits per heavy atom. The van der Waals surface area contributed by atoms with E-state index in [9.17, 15) is 4.79 Å². The lowest BCUT2D eigenvalue weighted by Gasteiger charge is -2.01. The maximum Gasteiger partial charge on any atom is 0.404 e.